The molecule has 0 aliphatic rings. The number of fused-ring (bicyclic) bond motifs is 6. The third-order valence-corrected chi connectivity index (χ3v) is 8.86. The standard InChI is InChI=1S/C37H24N2S/c1-2-12-27(13-3-1)39(28-22-20-26(21-23-28)30-16-8-11-25-10-4-5-14-29(25)30)34-19-9-17-32-36-31-15-6-7-18-33(31)38-24-35(36)40-37(32)34/h1-24H. The molecule has 2 nitrogen and oxygen atoms in total. The second-order valence-corrected chi connectivity index (χ2v) is 11.1. The molecule has 0 saturated heterocycles. The van der Waals surface area contributed by atoms with Crippen molar-refractivity contribution in [3.05, 3.63) is 146 Å². The molecule has 0 aliphatic carbocycles. The highest BCUT2D eigenvalue weighted by Gasteiger charge is 2.19. The van der Waals surface area contributed by atoms with Gasteiger partial charge in [0.15, 0.2) is 0 Å². The van der Waals surface area contributed by atoms with Gasteiger partial charge in [0.1, 0.15) is 0 Å². The van der Waals surface area contributed by atoms with Gasteiger partial charge in [-0.25, -0.2) is 0 Å². The Kier molecular flexibility index (Phi) is 5.35. The zero-order valence-electron chi connectivity index (χ0n) is 21.7. The van der Waals surface area contributed by atoms with E-state index in [0.29, 0.717) is 0 Å². The predicted molar refractivity (Wildman–Crippen MR) is 172 cm³/mol. The van der Waals surface area contributed by atoms with E-state index in [4.69, 9.17) is 4.98 Å². The molecular formula is C37H24N2S. The van der Waals surface area contributed by atoms with Crippen molar-refractivity contribution >= 4 is 70.2 Å². The monoisotopic (exact) mass is 528 g/mol. The van der Waals surface area contributed by atoms with Crippen LogP contribution in [0.1, 0.15) is 0 Å². The van der Waals surface area contributed by atoms with Gasteiger partial charge in [0.2, 0.25) is 0 Å². The summed E-state index contributed by atoms with van der Waals surface area (Å²) in [5, 5.41) is 6.28. The van der Waals surface area contributed by atoms with Crippen molar-refractivity contribution in [2.75, 3.05) is 4.90 Å². The van der Waals surface area contributed by atoms with Crippen LogP contribution in [0.5, 0.6) is 0 Å². The second kappa shape index (κ2) is 9.33. The first-order chi connectivity index (χ1) is 19.8. The molecule has 0 spiro atoms. The highest BCUT2D eigenvalue weighted by molar-refractivity contribution is 7.26. The van der Waals surface area contributed by atoms with Gasteiger partial charge in [0, 0.05) is 33.7 Å². The zero-order chi connectivity index (χ0) is 26.5. The Morgan fingerprint density at radius 2 is 1.20 bits per heavy atom. The summed E-state index contributed by atoms with van der Waals surface area (Å²) in [7, 11) is 0. The summed E-state index contributed by atoms with van der Waals surface area (Å²) in [4.78, 5) is 7.13. The van der Waals surface area contributed by atoms with Crippen LogP contribution in [-0.2, 0) is 0 Å². The van der Waals surface area contributed by atoms with E-state index < -0.39 is 0 Å². The molecule has 0 amide bonds. The summed E-state index contributed by atoms with van der Waals surface area (Å²) in [5.74, 6) is 0. The molecule has 0 fully saturated rings. The average Bonchev–Trinajstić information content (AvgIpc) is 3.42. The van der Waals surface area contributed by atoms with Crippen molar-refractivity contribution in [3.63, 3.8) is 0 Å². The Balaban J connectivity index is 1.32. The highest BCUT2D eigenvalue weighted by Crippen LogP contribution is 2.46. The lowest BCUT2D eigenvalue weighted by Crippen LogP contribution is -2.09. The van der Waals surface area contributed by atoms with Gasteiger partial charge in [-0.3, -0.25) is 4.98 Å². The lowest BCUT2D eigenvalue weighted by Gasteiger charge is -2.26. The summed E-state index contributed by atoms with van der Waals surface area (Å²) in [6.07, 6.45) is 2.03. The summed E-state index contributed by atoms with van der Waals surface area (Å²) in [6, 6.07) is 49.8. The lowest BCUT2D eigenvalue weighted by molar-refractivity contribution is 1.30. The van der Waals surface area contributed by atoms with E-state index in [-0.39, 0.29) is 0 Å². The van der Waals surface area contributed by atoms with Crippen LogP contribution in [0.3, 0.4) is 0 Å². The molecule has 0 aliphatic heterocycles. The SMILES string of the molecule is c1ccc(N(c2ccc(-c3cccc4ccccc34)cc2)c2cccc3c2sc2cnc4ccccc4c23)cc1. The normalized spacial score (nSPS) is 11.5. The van der Waals surface area contributed by atoms with Gasteiger partial charge in [-0.2, -0.15) is 0 Å². The smallest absolute Gasteiger partial charge is 0.0709 e. The van der Waals surface area contributed by atoms with Crippen molar-refractivity contribution in [3.8, 4) is 11.1 Å². The van der Waals surface area contributed by atoms with Crippen molar-refractivity contribution in [1.82, 2.24) is 4.98 Å². The van der Waals surface area contributed by atoms with Crippen molar-refractivity contribution in [2.45, 2.75) is 0 Å². The fourth-order valence-corrected chi connectivity index (χ4v) is 7.06. The molecule has 3 heteroatoms. The van der Waals surface area contributed by atoms with E-state index in [0.717, 1.165) is 16.9 Å². The molecule has 0 N–H and O–H groups in total. The minimum atomic E-state index is 1.03. The van der Waals surface area contributed by atoms with Gasteiger partial charge in [0.25, 0.3) is 0 Å². The van der Waals surface area contributed by atoms with E-state index in [1.807, 2.05) is 17.5 Å². The highest BCUT2D eigenvalue weighted by atomic mass is 32.1. The number of para-hydroxylation sites is 2. The molecule has 188 valence electrons. The number of pyridine rings is 1. The Hall–Kier alpha value is -4.99. The fourth-order valence-electron chi connectivity index (χ4n) is 5.86. The summed E-state index contributed by atoms with van der Waals surface area (Å²) in [5.41, 5.74) is 6.93. The van der Waals surface area contributed by atoms with Gasteiger partial charge in [0.05, 0.1) is 20.6 Å². The topological polar surface area (TPSA) is 16.1 Å². The van der Waals surface area contributed by atoms with Crippen LogP contribution in [0.15, 0.2) is 146 Å². The molecule has 0 atom stereocenters. The van der Waals surface area contributed by atoms with Crippen LogP contribution in [0.4, 0.5) is 17.1 Å². The maximum Gasteiger partial charge on any atom is 0.0709 e. The molecule has 0 radical (unpaired) electrons. The van der Waals surface area contributed by atoms with Crippen LogP contribution in [0.25, 0.3) is 53.0 Å². The van der Waals surface area contributed by atoms with Crippen molar-refractivity contribution in [1.29, 1.82) is 0 Å². The van der Waals surface area contributed by atoms with Crippen LogP contribution in [0.2, 0.25) is 0 Å². The number of aromatic nitrogens is 1. The number of rotatable bonds is 4. The van der Waals surface area contributed by atoms with Crippen LogP contribution >= 0.6 is 11.3 Å². The largest absolute Gasteiger partial charge is 0.309 e. The Bertz CT molecular complexity index is 2160. The number of nitrogens with zero attached hydrogens (tertiary/aromatic N) is 2. The van der Waals surface area contributed by atoms with Gasteiger partial charge in [-0.1, -0.05) is 103 Å². The van der Waals surface area contributed by atoms with E-state index in [2.05, 4.69) is 144 Å². The number of anilines is 3. The Morgan fingerprint density at radius 3 is 2.08 bits per heavy atom. The number of benzene rings is 6. The molecule has 6 aromatic carbocycles. The average molecular weight is 529 g/mol. The Labute approximate surface area is 236 Å². The zero-order valence-corrected chi connectivity index (χ0v) is 22.5. The molecule has 0 bridgehead atoms. The third-order valence-electron chi connectivity index (χ3n) is 7.70. The molecule has 0 saturated carbocycles. The van der Waals surface area contributed by atoms with Crippen molar-refractivity contribution in [2.24, 2.45) is 0 Å². The first-order valence-electron chi connectivity index (χ1n) is 13.5. The van der Waals surface area contributed by atoms with Crippen molar-refractivity contribution < 1.29 is 0 Å². The Morgan fingerprint density at radius 1 is 0.525 bits per heavy atom. The van der Waals surface area contributed by atoms with Gasteiger partial charge < -0.3 is 4.90 Å². The molecule has 2 heterocycles. The summed E-state index contributed by atoms with van der Waals surface area (Å²) in [6.45, 7) is 0. The van der Waals surface area contributed by atoms with Gasteiger partial charge >= 0.3 is 0 Å². The molecule has 2 aromatic heterocycles. The maximum atomic E-state index is 4.75. The quantitative estimate of drug-likeness (QED) is 0.226. The van der Waals surface area contributed by atoms with Gasteiger partial charge in [-0.05, 0) is 58.3 Å². The first-order valence-corrected chi connectivity index (χ1v) is 14.3. The first kappa shape index (κ1) is 22.9. The van der Waals surface area contributed by atoms with E-state index >= 15 is 0 Å². The maximum absolute atomic E-state index is 4.75. The molecule has 8 rings (SSSR count). The molecule has 40 heavy (non-hydrogen) atoms. The second-order valence-electron chi connectivity index (χ2n) is 10.0. The minimum absolute atomic E-state index is 1.03. The van der Waals surface area contributed by atoms with Crippen LogP contribution in [0, 0.1) is 0 Å². The van der Waals surface area contributed by atoms with Crippen LogP contribution in [-0.4, -0.2) is 4.98 Å². The minimum Gasteiger partial charge on any atom is -0.309 e. The lowest BCUT2D eigenvalue weighted by atomic mass is 9.98. The molecule has 8 aromatic rings. The predicted octanol–water partition coefficient (Wildman–Crippen LogP) is 10.9. The summed E-state index contributed by atoms with van der Waals surface area (Å²) < 4.78 is 2.47. The van der Waals surface area contributed by atoms with E-state index in [1.54, 1.807) is 0 Å². The third kappa shape index (κ3) is 3.67. The summed E-state index contributed by atoms with van der Waals surface area (Å²) >= 11 is 1.82. The van der Waals surface area contributed by atoms with Gasteiger partial charge in [-0.15, -0.1) is 11.3 Å². The number of thiophene rings is 1. The number of hydrogen-bond donors (Lipinski definition) is 0. The number of hydrogen-bond acceptors (Lipinski definition) is 3. The molecular weight excluding hydrogens is 504 g/mol. The van der Waals surface area contributed by atoms with Crippen LogP contribution < -0.4 is 4.90 Å². The fraction of sp³-hybridized carbons (Fsp3) is 0. The van der Waals surface area contributed by atoms with E-state index in [9.17, 15) is 0 Å². The molecule has 0 unspecified atom stereocenters. The van der Waals surface area contributed by atoms with E-state index in [1.165, 1.54) is 53.1 Å².